The third-order valence-electron chi connectivity index (χ3n) is 3.36. The van der Waals surface area contributed by atoms with Gasteiger partial charge in [-0.1, -0.05) is 12.8 Å². The summed E-state index contributed by atoms with van der Waals surface area (Å²) in [4.78, 5) is 0. The standard InChI is InChI=1S/C14H22N2O2/c1-17-13-8-11(15)12(9-14(13)18-2)16-7-3-4-10-5-6-10/h8-10,16H,3-7,15H2,1-2H3. The third kappa shape index (κ3) is 3.22. The fourth-order valence-electron chi connectivity index (χ4n) is 2.07. The van der Waals surface area contributed by atoms with Crippen molar-refractivity contribution < 1.29 is 9.47 Å². The molecule has 0 aliphatic heterocycles. The first-order valence-electron chi connectivity index (χ1n) is 6.50. The number of methoxy groups -OCH3 is 2. The van der Waals surface area contributed by atoms with Gasteiger partial charge in [0.05, 0.1) is 25.6 Å². The molecule has 0 saturated heterocycles. The topological polar surface area (TPSA) is 56.5 Å². The van der Waals surface area contributed by atoms with E-state index in [-0.39, 0.29) is 0 Å². The van der Waals surface area contributed by atoms with Crippen molar-refractivity contribution in [2.45, 2.75) is 25.7 Å². The van der Waals surface area contributed by atoms with Gasteiger partial charge in [-0.2, -0.15) is 0 Å². The van der Waals surface area contributed by atoms with Crippen molar-refractivity contribution in [3.63, 3.8) is 0 Å². The molecule has 3 N–H and O–H groups in total. The molecule has 0 bridgehead atoms. The van der Waals surface area contributed by atoms with Crippen LogP contribution in [0.1, 0.15) is 25.7 Å². The minimum absolute atomic E-state index is 0.665. The van der Waals surface area contributed by atoms with Crippen LogP contribution in [0.5, 0.6) is 11.5 Å². The first-order chi connectivity index (χ1) is 8.74. The van der Waals surface area contributed by atoms with Crippen molar-refractivity contribution in [1.29, 1.82) is 0 Å². The van der Waals surface area contributed by atoms with E-state index in [1.165, 1.54) is 25.7 Å². The predicted octanol–water partition coefficient (Wildman–Crippen LogP) is 2.89. The van der Waals surface area contributed by atoms with Crippen LogP contribution in [-0.4, -0.2) is 20.8 Å². The van der Waals surface area contributed by atoms with Crippen molar-refractivity contribution in [1.82, 2.24) is 0 Å². The van der Waals surface area contributed by atoms with Gasteiger partial charge < -0.3 is 20.5 Å². The van der Waals surface area contributed by atoms with Gasteiger partial charge >= 0.3 is 0 Å². The van der Waals surface area contributed by atoms with E-state index in [1.54, 1.807) is 20.3 Å². The summed E-state index contributed by atoms with van der Waals surface area (Å²) < 4.78 is 10.5. The third-order valence-corrected chi connectivity index (χ3v) is 3.36. The van der Waals surface area contributed by atoms with Crippen molar-refractivity contribution in [3.05, 3.63) is 12.1 Å². The minimum Gasteiger partial charge on any atom is -0.493 e. The smallest absolute Gasteiger partial charge is 0.162 e. The molecule has 0 atom stereocenters. The van der Waals surface area contributed by atoms with Gasteiger partial charge in [0, 0.05) is 18.7 Å². The summed E-state index contributed by atoms with van der Waals surface area (Å²) in [6.07, 6.45) is 5.34. The maximum Gasteiger partial charge on any atom is 0.162 e. The molecule has 4 heteroatoms. The monoisotopic (exact) mass is 250 g/mol. The number of ether oxygens (including phenoxy) is 2. The Morgan fingerprint density at radius 2 is 1.89 bits per heavy atom. The first kappa shape index (κ1) is 12.9. The van der Waals surface area contributed by atoms with E-state index < -0.39 is 0 Å². The van der Waals surface area contributed by atoms with E-state index in [1.807, 2.05) is 6.07 Å². The zero-order valence-corrected chi connectivity index (χ0v) is 11.2. The minimum atomic E-state index is 0.665. The van der Waals surface area contributed by atoms with Crippen LogP contribution in [0.2, 0.25) is 0 Å². The van der Waals surface area contributed by atoms with E-state index in [0.717, 1.165) is 18.2 Å². The van der Waals surface area contributed by atoms with Gasteiger partial charge in [0.2, 0.25) is 0 Å². The summed E-state index contributed by atoms with van der Waals surface area (Å²) in [7, 11) is 3.24. The number of nitrogens with two attached hydrogens (primary N) is 1. The molecule has 4 nitrogen and oxygen atoms in total. The Bertz CT molecular complexity index is 403. The molecule has 1 aliphatic rings. The van der Waals surface area contributed by atoms with Gasteiger partial charge in [0.25, 0.3) is 0 Å². The highest BCUT2D eigenvalue weighted by Gasteiger charge is 2.20. The van der Waals surface area contributed by atoms with Gasteiger partial charge in [-0.3, -0.25) is 0 Å². The summed E-state index contributed by atoms with van der Waals surface area (Å²) in [5.74, 6) is 2.35. The molecular formula is C14H22N2O2. The lowest BCUT2D eigenvalue weighted by atomic mass is 10.2. The fourth-order valence-corrected chi connectivity index (χ4v) is 2.07. The average molecular weight is 250 g/mol. The van der Waals surface area contributed by atoms with E-state index in [2.05, 4.69) is 5.32 Å². The number of hydrogen-bond acceptors (Lipinski definition) is 4. The van der Waals surface area contributed by atoms with Gasteiger partial charge in [-0.15, -0.1) is 0 Å². The van der Waals surface area contributed by atoms with Crippen LogP contribution >= 0.6 is 0 Å². The normalized spacial score (nSPS) is 14.3. The molecule has 1 saturated carbocycles. The number of nitrogen functional groups attached to an aromatic ring is 1. The molecule has 0 unspecified atom stereocenters. The second-order valence-corrected chi connectivity index (χ2v) is 4.81. The highest BCUT2D eigenvalue weighted by molar-refractivity contribution is 5.71. The summed E-state index contributed by atoms with van der Waals surface area (Å²) >= 11 is 0. The number of rotatable bonds is 7. The lowest BCUT2D eigenvalue weighted by Crippen LogP contribution is -2.05. The molecule has 2 rings (SSSR count). The maximum absolute atomic E-state index is 5.98. The van der Waals surface area contributed by atoms with E-state index >= 15 is 0 Å². The summed E-state index contributed by atoms with van der Waals surface area (Å²) in [5, 5.41) is 3.36. The molecule has 1 aliphatic carbocycles. The van der Waals surface area contributed by atoms with Crippen LogP contribution in [0.3, 0.4) is 0 Å². The summed E-state index contributed by atoms with van der Waals surface area (Å²) in [6.45, 7) is 0.955. The molecule has 0 aromatic heterocycles. The molecule has 0 spiro atoms. The number of hydrogen-bond donors (Lipinski definition) is 2. The van der Waals surface area contributed by atoms with Crippen LogP contribution in [0.25, 0.3) is 0 Å². The average Bonchev–Trinajstić information content (AvgIpc) is 3.19. The molecule has 18 heavy (non-hydrogen) atoms. The molecule has 1 aromatic carbocycles. The first-order valence-corrected chi connectivity index (χ1v) is 6.50. The zero-order valence-electron chi connectivity index (χ0n) is 11.2. The Morgan fingerprint density at radius 1 is 1.22 bits per heavy atom. The van der Waals surface area contributed by atoms with Gasteiger partial charge in [-0.05, 0) is 18.8 Å². The van der Waals surface area contributed by atoms with Gasteiger partial charge in [0.1, 0.15) is 0 Å². The van der Waals surface area contributed by atoms with E-state index in [9.17, 15) is 0 Å². The van der Waals surface area contributed by atoms with Crippen molar-refractivity contribution in [3.8, 4) is 11.5 Å². The Kier molecular flexibility index (Phi) is 4.18. The molecule has 1 aromatic rings. The number of nitrogens with one attached hydrogen (secondary N) is 1. The fraction of sp³-hybridized carbons (Fsp3) is 0.571. The summed E-state index contributed by atoms with van der Waals surface area (Å²) in [5.41, 5.74) is 7.59. The Hall–Kier alpha value is -1.58. The molecule has 0 heterocycles. The van der Waals surface area contributed by atoms with Crippen LogP contribution in [0.4, 0.5) is 11.4 Å². The molecule has 1 fully saturated rings. The molecule has 100 valence electrons. The maximum atomic E-state index is 5.98. The Balaban J connectivity index is 1.93. The van der Waals surface area contributed by atoms with Gasteiger partial charge in [0.15, 0.2) is 11.5 Å². The lowest BCUT2D eigenvalue weighted by molar-refractivity contribution is 0.355. The second-order valence-electron chi connectivity index (χ2n) is 4.81. The number of benzene rings is 1. The van der Waals surface area contributed by atoms with Crippen molar-refractivity contribution in [2.24, 2.45) is 5.92 Å². The van der Waals surface area contributed by atoms with Crippen LogP contribution in [0.15, 0.2) is 12.1 Å². The van der Waals surface area contributed by atoms with E-state index in [0.29, 0.717) is 17.2 Å². The van der Waals surface area contributed by atoms with Crippen LogP contribution < -0.4 is 20.5 Å². The largest absolute Gasteiger partial charge is 0.493 e. The second kappa shape index (κ2) is 5.85. The number of anilines is 2. The van der Waals surface area contributed by atoms with Crippen LogP contribution in [0, 0.1) is 5.92 Å². The van der Waals surface area contributed by atoms with Crippen LogP contribution in [-0.2, 0) is 0 Å². The molecular weight excluding hydrogens is 228 g/mol. The highest BCUT2D eigenvalue weighted by Crippen LogP contribution is 2.35. The quantitative estimate of drug-likeness (QED) is 0.577. The SMILES string of the molecule is COc1cc(N)c(NCCCC2CC2)cc1OC. The predicted molar refractivity (Wildman–Crippen MR) is 74.4 cm³/mol. The van der Waals surface area contributed by atoms with E-state index in [4.69, 9.17) is 15.2 Å². The Morgan fingerprint density at radius 3 is 2.50 bits per heavy atom. The van der Waals surface area contributed by atoms with Crippen molar-refractivity contribution >= 4 is 11.4 Å². The van der Waals surface area contributed by atoms with Gasteiger partial charge in [-0.25, -0.2) is 0 Å². The van der Waals surface area contributed by atoms with Crippen molar-refractivity contribution in [2.75, 3.05) is 31.8 Å². The molecule has 0 radical (unpaired) electrons. The molecule has 0 amide bonds. The lowest BCUT2D eigenvalue weighted by Gasteiger charge is -2.14. The Labute approximate surface area is 108 Å². The summed E-state index contributed by atoms with van der Waals surface area (Å²) in [6, 6.07) is 3.69. The highest BCUT2D eigenvalue weighted by atomic mass is 16.5. The zero-order chi connectivity index (χ0) is 13.0.